The maximum absolute atomic E-state index is 11.4. The maximum Gasteiger partial charge on any atom is 0.163 e. The molecule has 0 amide bonds. The SMILES string of the molecule is CC(=O)c1c(C)nn(CCOCC(C)C)c1C. The standard InChI is InChI=1S/C13H22N2O2/c1-9(2)8-17-7-6-15-11(4)13(12(5)16)10(3)14-15/h9H,6-8H2,1-5H3. The summed E-state index contributed by atoms with van der Waals surface area (Å²) in [6.45, 7) is 11.7. The monoisotopic (exact) mass is 238 g/mol. The number of ether oxygens (including phenoxy) is 1. The third-order valence-corrected chi connectivity index (χ3v) is 2.63. The van der Waals surface area contributed by atoms with Crippen LogP contribution >= 0.6 is 0 Å². The van der Waals surface area contributed by atoms with E-state index in [1.54, 1.807) is 6.92 Å². The van der Waals surface area contributed by atoms with Crippen molar-refractivity contribution >= 4 is 5.78 Å². The van der Waals surface area contributed by atoms with Gasteiger partial charge in [0.05, 0.1) is 24.4 Å². The summed E-state index contributed by atoms with van der Waals surface area (Å²) >= 11 is 0. The van der Waals surface area contributed by atoms with Crippen LogP contribution in [0.4, 0.5) is 0 Å². The highest BCUT2D eigenvalue weighted by Crippen LogP contribution is 2.13. The molecule has 1 heterocycles. The van der Waals surface area contributed by atoms with Crippen LogP contribution < -0.4 is 0 Å². The van der Waals surface area contributed by atoms with E-state index in [4.69, 9.17) is 4.74 Å². The van der Waals surface area contributed by atoms with Crippen LogP contribution in [0.15, 0.2) is 0 Å². The zero-order valence-electron chi connectivity index (χ0n) is 11.4. The molecule has 1 aromatic heterocycles. The Morgan fingerprint density at radius 1 is 1.41 bits per heavy atom. The summed E-state index contributed by atoms with van der Waals surface area (Å²) in [4.78, 5) is 11.4. The first-order chi connectivity index (χ1) is 7.93. The summed E-state index contributed by atoms with van der Waals surface area (Å²) in [5, 5.41) is 4.36. The highest BCUT2D eigenvalue weighted by atomic mass is 16.5. The van der Waals surface area contributed by atoms with Crippen molar-refractivity contribution in [3.8, 4) is 0 Å². The minimum atomic E-state index is 0.0781. The van der Waals surface area contributed by atoms with Crippen molar-refractivity contribution in [2.45, 2.75) is 41.2 Å². The second-order valence-corrected chi connectivity index (χ2v) is 4.79. The molecule has 0 N–H and O–H groups in total. The molecule has 0 aliphatic rings. The number of carbonyl (C=O) groups excluding carboxylic acids is 1. The summed E-state index contributed by atoms with van der Waals surface area (Å²) in [6, 6.07) is 0. The van der Waals surface area contributed by atoms with Gasteiger partial charge in [0.15, 0.2) is 5.78 Å². The lowest BCUT2D eigenvalue weighted by Gasteiger charge is -2.08. The lowest BCUT2D eigenvalue weighted by molar-refractivity contribution is 0.0996. The van der Waals surface area contributed by atoms with E-state index in [1.807, 2.05) is 18.5 Å². The fraction of sp³-hybridized carbons (Fsp3) is 0.692. The molecule has 0 aliphatic carbocycles. The van der Waals surface area contributed by atoms with Crippen molar-refractivity contribution in [2.75, 3.05) is 13.2 Å². The van der Waals surface area contributed by atoms with E-state index >= 15 is 0 Å². The first-order valence-electron chi connectivity index (χ1n) is 6.06. The van der Waals surface area contributed by atoms with Gasteiger partial charge in [-0.25, -0.2) is 0 Å². The quantitative estimate of drug-likeness (QED) is 0.564. The number of hydrogen-bond acceptors (Lipinski definition) is 3. The molecule has 1 rings (SSSR count). The van der Waals surface area contributed by atoms with Gasteiger partial charge in [-0.1, -0.05) is 13.8 Å². The van der Waals surface area contributed by atoms with Crippen molar-refractivity contribution in [3.63, 3.8) is 0 Å². The molecule has 0 bridgehead atoms. The van der Waals surface area contributed by atoms with Gasteiger partial charge in [0.25, 0.3) is 0 Å². The summed E-state index contributed by atoms with van der Waals surface area (Å²) in [5.41, 5.74) is 2.48. The average Bonchev–Trinajstić information content (AvgIpc) is 2.48. The molecule has 0 saturated carbocycles. The van der Waals surface area contributed by atoms with Gasteiger partial charge in [-0.15, -0.1) is 0 Å². The van der Waals surface area contributed by atoms with Gasteiger partial charge in [-0.05, 0) is 26.7 Å². The van der Waals surface area contributed by atoms with E-state index in [2.05, 4.69) is 18.9 Å². The van der Waals surface area contributed by atoms with Crippen molar-refractivity contribution in [1.29, 1.82) is 0 Å². The van der Waals surface area contributed by atoms with Crippen LogP contribution in [0.3, 0.4) is 0 Å². The molecule has 0 radical (unpaired) electrons. The number of aryl methyl sites for hydroxylation is 1. The van der Waals surface area contributed by atoms with Crippen molar-refractivity contribution < 1.29 is 9.53 Å². The fourth-order valence-corrected chi connectivity index (χ4v) is 1.89. The highest BCUT2D eigenvalue weighted by molar-refractivity contribution is 5.96. The lowest BCUT2D eigenvalue weighted by Crippen LogP contribution is -2.12. The van der Waals surface area contributed by atoms with Crippen molar-refractivity contribution in [3.05, 3.63) is 17.0 Å². The van der Waals surface area contributed by atoms with Crippen LogP contribution in [-0.4, -0.2) is 28.8 Å². The van der Waals surface area contributed by atoms with E-state index < -0.39 is 0 Å². The largest absolute Gasteiger partial charge is 0.379 e. The lowest BCUT2D eigenvalue weighted by atomic mass is 10.1. The van der Waals surface area contributed by atoms with Crippen LogP contribution in [0.25, 0.3) is 0 Å². The van der Waals surface area contributed by atoms with Crippen LogP contribution in [-0.2, 0) is 11.3 Å². The van der Waals surface area contributed by atoms with Gasteiger partial charge in [-0.3, -0.25) is 9.48 Å². The van der Waals surface area contributed by atoms with Crippen LogP contribution in [0.1, 0.15) is 42.5 Å². The number of hydrogen-bond donors (Lipinski definition) is 0. The topological polar surface area (TPSA) is 44.1 Å². The number of aromatic nitrogens is 2. The molecule has 0 fully saturated rings. The summed E-state index contributed by atoms with van der Waals surface area (Å²) in [5.74, 6) is 0.623. The van der Waals surface area contributed by atoms with Crippen molar-refractivity contribution in [2.24, 2.45) is 5.92 Å². The zero-order chi connectivity index (χ0) is 13.0. The molecule has 0 unspecified atom stereocenters. The van der Waals surface area contributed by atoms with E-state index in [9.17, 15) is 4.79 Å². The molecule has 4 heteroatoms. The molecule has 0 atom stereocenters. The van der Waals surface area contributed by atoms with Gasteiger partial charge in [-0.2, -0.15) is 5.10 Å². The number of ketones is 1. The number of nitrogens with zero attached hydrogens (tertiary/aromatic N) is 2. The molecule has 17 heavy (non-hydrogen) atoms. The van der Waals surface area contributed by atoms with Gasteiger partial charge >= 0.3 is 0 Å². The summed E-state index contributed by atoms with van der Waals surface area (Å²) in [7, 11) is 0. The molecule has 1 aromatic rings. The molecular weight excluding hydrogens is 216 g/mol. The maximum atomic E-state index is 11.4. The third-order valence-electron chi connectivity index (χ3n) is 2.63. The molecule has 4 nitrogen and oxygen atoms in total. The minimum absolute atomic E-state index is 0.0781. The first-order valence-corrected chi connectivity index (χ1v) is 6.06. The Labute approximate surface area is 103 Å². The van der Waals surface area contributed by atoms with Gasteiger partial charge in [0.2, 0.25) is 0 Å². The summed E-state index contributed by atoms with van der Waals surface area (Å²) in [6.07, 6.45) is 0. The number of rotatable bonds is 6. The molecule has 0 saturated heterocycles. The Morgan fingerprint density at radius 2 is 2.06 bits per heavy atom. The van der Waals surface area contributed by atoms with Crippen LogP contribution in [0.2, 0.25) is 0 Å². The Bertz CT molecular complexity index is 394. The molecule has 0 aliphatic heterocycles. The smallest absolute Gasteiger partial charge is 0.163 e. The third kappa shape index (κ3) is 3.66. The van der Waals surface area contributed by atoms with Crippen molar-refractivity contribution in [1.82, 2.24) is 9.78 Å². The predicted octanol–water partition coefficient (Wildman–Crippen LogP) is 2.38. The molecule has 0 spiro atoms. The Morgan fingerprint density at radius 3 is 2.53 bits per heavy atom. The van der Waals surface area contributed by atoms with E-state index in [-0.39, 0.29) is 5.78 Å². The van der Waals surface area contributed by atoms with E-state index in [0.717, 1.165) is 23.6 Å². The molecular formula is C13H22N2O2. The summed E-state index contributed by atoms with van der Waals surface area (Å²) < 4.78 is 7.37. The number of carbonyl (C=O) groups is 1. The minimum Gasteiger partial charge on any atom is -0.379 e. The predicted molar refractivity (Wildman–Crippen MR) is 67.4 cm³/mol. The first kappa shape index (κ1) is 13.9. The Kier molecular flexibility index (Phi) is 4.87. The Hall–Kier alpha value is -1.16. The van der Waals surface area contributed by atoms with Crippen LogP contribution in [0.5, 0.6) is 0 Å². The molecule has 0 aromatic carbocycles. The van der Waals surface area contributed by atoms with E-state index in [0.29, 0.717) is 19.1 Å². The van der Waals surface area contributed by atoms with Gasteiger partial charge in [0.1, 0.15) is 0 Å². The Balaban J connectivity index is 2.61. The average molecular weight is 238 g/mol. The van der Waals surface area contributed by atoms with E-state index in [1.165, 1.54) is 0 Å². The second kappa shape index (κ2) is 5.96. The van der Waals surface area contributed by atoms with Gasteiger partial charge in [0, 0.05) is 12.3 Å². The highest BCUT2D eigenvalue weighted by Gasteiger charge is 2.14. The number of Topliss-reactive ketones (excluding diaryl/α,β-unsaturated/α-hetero) is 1. The molecule has 96 valence electrons. The zero-order valence-corrected chi connectivity index (χ0v) is 11.4. The normalized spacial score (nSPS) is 11.2. The second-order valence-electron chi connectivity index (χ2n) is 4.79. The van der Waals surface area contributed by atoms with Gasteiger partial charge < -0.3 is 4.74 Å². The van der Waals surface area contributed by atoms with Crippen LogP contribution in [0, 0.1) is 19.8 Å². The fourth-order valence-electron chi connectivity index (χ4n) is 1.89.